The molecule has 0 saturated carbocycles. The van der Waals surface area contributed by atoms with Gasteiger partial charge in [-0.05, 0) is 44.9 Å². The van der Waals surface area contributed by atoms with Crippen molar-refractivity contribution < 1.29 is 9.84 Å². The minimum absolute atomic E-state index is 0.264. The Bertz CT molecular complexity index is 375. The fraction of sp³-hybridized carbons (Fsp3) is 0.862. The molecule has 0 fully saturated rings. The molecule has 0 aromatic carbocycles. The van der Waals surface area contributed by atoms with Crippen LogP contribution in [-0.4, -0.2) is 24.4 Å². The molecule has 0 radical (unpaired) electrons. The van der Waals surface area contributed by atoms with Crippen molar-refractivity contribution in [1.82, 2.24) is 0 Å². The highest BCUT2D eigenvalue weighted by molar-refractivity contribution is 4.92. The summed E-state index contributed by atoms with van der Waals surface area (Å²) in [5.41, 5.74) is 0. The van der Waals surface area contributed by atoms with E-state index in [2.05, 4.69) is 38.2 Å². The summed E-state index contributed by atoms with van der Waals surface area (Å²) in [6, 6.07) is 0. The maximum Gasteiger partial charge on any atom is 0.0773 e. The third-order valence-corrected chi connectivity index (χ3v) is 5.94. The number of unbranched alkanes of at least 4 members (excludes halogenated alkanes) is 15. The zero-order valence-corrected chi connectivity index (χ0v) is 21.3. The molecule has 0 spiro atoms. The van der Waals surface area contributed by atoms with Crippen LogP contribution in [0.1, 0.15) is 142 Å². The van der Waals surface area contributed by atoms with Gasteiger partial charge >= 0.3 is 0 Å². The van der Waals surface area contributed by atoms with Gasteiger partial charge in [0.15, 0.2) is 0 Å². The lowest BCUT2D eigenvalue weighted by molar-refractivity contribution is 0.0297. The first-order valence-corrected chi connectivity index (χ1v) is 13.9. The van der Waals surface area contributed by atoms with Crippen LogP contribution < -0.4 is 0 Å². The molecule has 2 nitrogen and oxygen atoms in total. The average Bonchev–Trinajstić information content (AvgIpc) is 2.77. The van der Waals surface area contributed by atoms with Gasteiger partial charge in [-0.1, -0.05) is 122 Å². The van der Waals surface area contributed by atoms with Gasteiger partial charge in [-0.2, -0.15) is 0 Å². The molecule has 0 aromatic rings. The van der Waals surface area contributed by atoms with E-state index in [1.54, 1.807) is 0 Å². The van der Waals surface area contributed by atoms with Crippen LogP contribution in [0.15, 0.2) is 24.3 Å². The monoisotopic (exact) mass is 436 g/mol. The van der Waals surface area contributed by atoms with Gasteiger partial charge in [-0.3, -0.25) is 0 Å². The predicted molar refractivity (Wildman–Crippen MR) is 139 cm³/mol. The van der Waals surface area contributed by atoms with Gasteiger partial charge in [0.1, 0.15) is 0 Å². The van der Waals surface area contributed by atoms with E-state index in [9.17, 15) is 5.11 Å². The molecule has 1 atom stereocenters. The van der Waals surface area contributed by atoms with Crippen LogP contribution in [0.25, 0.3) is 0 Å². The highest BCUT2D eigenvalue weighted by atomic mass is 16.5. The molecule has 2 heteroatoms. The molecular weight excluding hydrogens is 380 g/mol. The van der Waals surface area contributed by atoms with Gasteiger partial charge < -0.3 is 9.84 Å². The number of aliphatic hydroxyl groups is 1. The maximum atomic E-state index is 9.99. The van der Waals surface area contributed by atoms with E-state index in [1.807, 2.05) is 0 Å². The Balaban J connectivity index is 3.21. The minimum Gasteiger partial charge on any atom is -0.391 e. The summed E-state index contributed by atoms with van der Waals surface area (Å²) in [5, 5.41) is 9.99. The molecule has 0 saturated heterocycles. The number of ether oxygens (including phenoxy) is 1. The van der Waals surface area contributed by atoms with Crippen LogP contribution in [0.5, 0.6) is 0 Å². The summed E-state index contributed by atoms with van der Waals surface area (Å²) in [5.74, 6) is 0. The van der Waals surface area contributed by atoms with Crippen molar-refractivity contribution in [2.24, 2.45) is 0 Å². The second-order valence-electron chi connectivity index (χ2n) is 9.22. The normalized spacial score (nSPS) is 13.0. The first-order chi connectivity index (χ1) is 15.3. The van der Waals surface area contributed by atoms with Gasteiger partial charge in [-0.25, -0.2) is 0 Å². The quantitative estimate of drug-likeness (QED) is 0.114. The third-order valence-electron chi connectivity index (χ3n) is 5.94. The molecule has 0 rings (SSSR count). The first kappa shape index (κ1) is 30.4. The summed E-state index contributed by atoms with van der Waals surface area (Å²) in [6.45, 7) is 5.85. The number of aliphatic hydroxyl groups excluding tert-OH is 1. The van der Waals surface area contributed by atoms with E-state index in [0.29, 0.717) is 6.61 Å². The van der Waals surface area contributed by atoms with E-state index < -0.39 is 0 Å². The van der Waals surface area contributed by atoms with Crippen molar-refractivity contribution in [2.45, 2.75) is 148 Å². The molecule has 1 N–H and O–H groups in total. The van der Waals surface area contributed by atoms with E-state index in [0.717, 1.165) is 32.3 Å². The topological polar surface area (TPSA) is 29.5 Å². The Kier molecular flexibility index (Phi) is 26.9. The van der Waals surface area contributed by atoms with E-state index in [4.69, 9.17) is 4.74 Å². The summed E-state index contributed by atoms with van der Waals surface area (Å²) in [7, 11) is 0. The summed E-state index contributed by atoms with van der Waals surface area (Å²) in [4.78, 5) is 0. The molecule has 0 aliphatic rings. The fourth-order valence-corrected chi connectivity index (χ4v) is 3.83. The Hall–Kier alpha value is -0.600. The highest BCUT2D eigenvalue weighted by Crippen LogP contribution is 2.11. The Morgan fingerprint density at radius 2 is 1.06 bits per heavy atom. The zero-order chi connectivity index (χ0) is 22.7. The Morgan fingerprint density at radius 3 is 1.71 bits per heavy atom. The molecule has 184 valence electrons. The first-order valence-electron chi connectivity index (χ1n) is 13.9. The van der Waals surface area contributed by atoms with Crippen molar-refractivity contribution in [3.8, 4) is 0 Å². The van der Waals surface area contributed by atoms with E-state index >= 15 is 0 Å². The standard InChI is InChI=1S/C29H56O2/c1-3-5-7-9-11-12-13-14-15-16-17-18-19-21-23-25-27-31-28-29(30)26-24-22-20-10-8-6-4-2/h11-12,14-15,29-30H,3-10,13,16-28H2,1-2H3. The molecule has 0 aromatic heterocycles. The van der Waals surface area contributed by atoms with Crippen molar-refractivity contribution in [1.29, 1.82) is 0 Å². The lowest BCUT2D eigenvalue weighted by Gasteiger charge is -2.11. The lowest BCUT2D eigenvalue weighted by Crippen LogP contribution is -2.15. The average molecular weight is 437 g/mol. The molecule has 0 bridgehead atoms. The number of rotatable bonds is 25. The summed E-state index contributed by atoms with van der Waals surface area (Å²) < 4.78 is 5.66. The van der Waals surface area contributed by atoms with Gasteiger partial charge in [-0.15, -0.1) is 0 Å². The summed E-state index contributed by atoms with van der Waals surface area (Å²) >= 11 is 0. The summed E-state index contributed by atoms with van der Waals surface area (Å²) in [6.07, 6.45) is 34.3. The molecule has 31 heavy (non-hydrogen) atoms. The van der Waals surface area contributed by atoms with Crippen LogP contribution in [-0.2, 0) is 4.74 Å². The molecule has 1 unspecified atom stereocenters. The van der Waals surface area contributed by atoms with Crippen molar-refractivity contribution in [3.63, 3.8) is 0 Å². The number of hydrogen-bond donors (Lipinski definition) is 1. The van der Waals surface area contributed by atoms with E-state index in [1.165, 1.54) is 103 Å². The van der Waals surface area contributed by atoms with Crippen LogP contribution in [0.2, 0.25) is 0 Å². The Labute approximate surface area is 195 Å². The predicted octanol–water partition coefficient (Wildman–Crippen LogP) is 9.32. The van der Waals surface area contributed by atoms with Crippen molar-refractivity contribution in [2.75, 3.05) is 13.2 Å². The van der Waals surface area contributed by atoms with Gasteiger partial charge in [0, 0.05) is 6.61 Å². The fourth-order valence-electron chi connectivity index (χ4n) is 3.83. The number of hydrogen-bond acceptors (Lipinski definition) is 2. The van der Waals surface area contributed by atoms with Crippen LogP contribution in [0.4, 0.5) is 0 Å². The zero-order valence-electron chi connectivity index (χ0n) is 21.3. The van der Waals surface area contributed by atoms with E-state index in [-0.39, 0.29) is 6.10 Å². The van der Waals surface area contributed by atoms with Crippen LogP contribution >= 0.6 is 0 Å². The van der Waals surface area contributed by atoms with Gasteiger partial charge in [0.05, 0.1) is 12.7 Å². The van der Waals surface area contributed by atoms with Gasteiger partial charge in [0.25, 0.3) is 0 Å². The largest absolute Gasteiger partial charge is 0.391 e. The highest BCUT2D eigenvalue weighted by Gasteiger charge is 2.04. The second kappa shape index (κ2) is 27.4. The molecular formula is C29H56O2. The second-order valence-corrected chi connectivity index (χ2v) is 9.22. The molecule has 0 aliphatic heterocycles. The molecule has 0 amide bonds. The minimum atomic E-state index is -0.264. The van der Waals surface area contributed by atoms with Gasteiger partial charge in [0.2, 0.25) is 0 Å². The lowest BCUT2D eigenvalue weighted by atomic mass is 10.1. The number of allylic oxidation sites excluding steroid dienone is 4. The van der Waals surface area contributed by atoms with Crippen molar-refractivity contribution in [3.05, 3.63) is 24.3 Å². The van der Waals surface area contributed by atoms with Crippen molar-refractivity contribution >= 4 is 0 Å². The molecule has 0 aliphatic carbocycles. The smallest absolute Gasteiger partial charge is 0.0773 e. The van der Waals surface area contributed by atoms with Crippen LogP contribution in [0.3, 0.4) is 0 Å². The van der Waals surface area contributed by atoms with Crippen LogP contribution in [0, 0.1) is 0 Å². The maximum absolute atomic E-state index is 9.99. The molecule has 0 heterocycles. The SMILES string of the molecule is CCCCCC=CCC=CCCCCCCCCOCC(O)CCCCCCCCC. The third kappa shape index (κ3) is 27.4. The Morgan fingerprint density at radius 1 is 0.581 bits per heavy atom.